The molecular formula is C9H13ClN4O. The molecule has 0 unspecified atom stereocenters. The van der Waals surface area contributed by atoms with Crippen molar-refractivity contribution in [2.24, 2.45) is 0 Å². The zero-order chi connectivity index (χ0) is 9.97. The van der Waals surface area contributed by atoms with E-state index in [0.29, 0.717) is 11.5 Å². The maximum atomic E-state index is 11.5. The molecule has 1 aromatic rings. The van der Waals surface area contributed by atoms with Crippen LogP contribution in [-0.2, 0) is 4.79 Å². The quantitative estimate of drug-likeness (QED) is 0.774. The van der Waals surface area contributed by atoms with Crippen LogP contribution in [0.3, 0.4) is 0 Å². The third-order valence-corrected chi connectivity index (χ3v) is 2.19. The Morgan fingerprint density at radius 1 is 1.53 bits per heavy atom. The second-order valence-electron chi connectivity index (χ2n) is 3.30. The number of hydrogen-bond acceptors (Lipinski definition) is 4. The lowest BCUT2D eigenvalue weighted by Gasteiger charge is -2.26. The summed E-state index contributed by atoms with van der Waals surface area (Å²) in [5.41, 5.74) is 0.648. The van der Waals surface area contributed by atoms with Crippen LogP contribution in [0, 0.1) is 6.92 Å². The SMILES string of the molecule is Cc1ncc(NC(=O)[C@H]2CCN2)cn1.Cl. The smallest absolute Gasteiger partial charge is 0.241 e. The first-order valence-corrected chi connectivity index (χ1v) is 4.58. The Labute approximate surface area is 94.1 Å². The summed E-state index contributed by atoms with van der Waals surface area (Å²) in [5, 5.41) is 5.77. The standard InChI is InChI=1S/C9H12N4O.ClH/c1-6-11-4-7(5-12-6)13-9(14)8-2-3-10-8;/h4-5,8,10H,2-3H2,1H3,(H,13,14);1H/t8-;/m1./s1. The minimum Gasteiger partial charge on any atom is -0.322 e. The number of nitrogens with zero attached hydrogens (tertiary/aromatic N) is 2. The zero-order valence-corrected chi connectivity index (χ0v) is 9.17. The Kier molecular flexibility index (Phi) is 3.99. The number of hydrogen-bond donors (Lipinski definition) is 2. The van der Waals surface area contributed by atoms with Gasteiger partial charge in [0.2, 0.25) is 5.91 Å². The molecule has 1 amide bonds. The fourth-order valence-electron chi connectivity index (χ4n) is 1.20. The molecule has 0 saturated carbocycles. The van der Waals surface area contributed by atoms with Crippen molar-refractivity contribution in [3.63, 3.8) is 0 Å². The van der Waals surface area contributed by atoms with E-state index in [4.69, 9.17) is 0 Å². The van der Waals surface area contributed by atoms with Gasteiger partial charge in [-0.15, -0.1) is 12.4 Å². The van der Waals surface area contributed by atoms with E-state index in [2.05, 4.69) is 20.6 Å². The molecule has 0 bridgehead atoms. The number of rotatable bonds is 2. The van der Waals surface area contributed by atoms with E-state index in [-0.39, 0.29) is 24.4 Å². The largest absolute Gasteiger partial charge is 0.322 e. The van der Waals surface area contributed by atoms with Crippen molar-refractivity contribution in [3.8, 4) is 0 Å². The van der Waals surface area contributed by atoms with Crippen LogP contribution in [0.5, 0.6) is 0 Å². The molecule has 1 saturated heterocycles. The minimum absolute atomic E-state index is 0. The van der Waals surface area contributed by atoms with E-state index >= 15 is 0 Å². The van der Waals surface area contributed by atoms with Crippen LogP contribution in [0.4, 0.5) is 5.69 Å². The number of nitrogens with one attached hydrogen (secondary N) is 2. The van der Waals surface area contributed by atoms with Crippen LogP contribution in [0.15, 0.2) is 12.4 Å². The van der Waals surface area contributed by atoms with Crippen LogP contribution < -0.4 is 10.6 Å². The molecule has 0 aliphatic carbocycles. The molecule has 6 heteroatoms. The maximum absolute atomic E-state index is 11.5. The van der Waals surface area contributed by atoms with E-state index in [1.54, 1.807) is 19.3 Å². The molecule has 1 atom stereocenters. The highest BCUT2D eigenvalue weighted by molar-refractivity contribution is 5.95. The first-order chi connectivity index (χ1) is 6.75. The van der Waals surface area contributed by atoms with Crippen molar-refractivity contribution in [3.05, 3.63) is 18.2 Å². The van der Waals surface area contributed by atoms with Gasteiger partial charge < -0.3 is 10.6 Å². The Morgan fingerprint density at radius 3 is 2.60 bits per heavy atom. The summed E-state index contributed by atoms with van der Waals surface area (Å²) in [4.78, 5) is 19.4. The van der Waals surface area contributed by atoms with E-state index in [0.717, 1.165) is 13.0 Å². The van der Waals surface area contributed by atoms with Crippen molar-refractivity contribution in [1.29, 1.82) is 0 Å². The Hall–Kier alpha value is -1.20. The predicted octanol–water partition coefficient (Wildman–Crippen LogP) is 0.507. The fraction of sp³-hybridized carbons (Fsp3) is 0.444. The molecule has 1 aliphatic rings. The zero-order valence-electron chi connectivity index (χ0n) is 8.36. The fourth-order valence-corrected chi connectivity index (χ4v) is 1.20. The molecule has 0 spiro atoms. The van der Waals surface area contributed by atoms with Crippen molar-refractivity contribution >= 4 is 24.0 Å². The summed E-state index contributed by atoms with van der Waals surface area (Å²) in [6.45, 7) is 2.72. The van der Waals surface area contributed by atoms with E-state index < -0.39 is 0 Å². The van der Waals surface area contributed by atoms with Gasteiger partial charge in [0.1, 0.15) is 5.82 Å². The molecule has 2 N–H and O–H groups in total. The van der Waals surface area contributed by atoms with Gasteiger partial charge in [0.25, 0.3) is 0 Å². The van der Waals surface area contributed by atoms with Gasteiger partial charge in [-0.25, -0.2) is 9.97 Å². The first-order valence-electron chi connectivity index (χ1n) is 4.58. The molecular weight excluding hydrogens is 216 g/mol. The van der Waals surface area contributed by atoms with Crippen LogP contribution in [-0.4, -0.2) is 28.5 Å². The molecule has 2 heterocycles. The van der Waals surface area contributed by atoms with Crippen LogP contribution in [0.1, 0.15) is 12.2 Å². The summed E-state index contributed by atoms with van der Waals surface area (Å²) in [7, 11) is 0. The van der Waals surface area contributed by atoms with Crippen molar-refractivity contribution < 1.29 is 4.79 Å². The molecule has 0 radical (unpaired) electrons. The summed E-state index contributed by atoms with van der Waals surface area (Å²) in [5.74, 6) is 0.688. The number of carbonyl (C=O) groups excluding carboxylic acids is 1. The monoisotopic (exact) mass is 228 g/mol. The summed E-state index contributed by atoms with van der Waals surface area (Å²) >= 11 is 0. The number of anilines is 1. The highest BCUT2D eigenvalue weighted by atomic mass is 35.5. The maximum Gasteiger partial charge on any atom is 0.241 e. The predicted molar refractivity (Wildman–Crippen MR) is 59.1 cm³/mol. The molecule has 82 valence electrons. The van der Waals surface area contributed by atoms with Gasteiger partial charge in [-0.3, -0.25) is 4.79 Å². The first kappa shape index (κ1) is 11.9. The normalized spacial score (nSPS) is 18.6. The van der Waals surface area contributed by atoms with E-state index in [1.165, 1.54) is 0 Å². The van der Waals surface area contributed by atoms with Gasteiger partial charge in [0.15, 0.2) is 0 Å². The highest BCUT2D eigenvalue weighted by Crippen LogP contribution is 2.07. The molecule has 1 fully saturated rings. The van der Waals surface area contributed by atoms with Crippen LogP contribution in [0.2, 0.25) is 0 Å². The van der Waals surface area contributed by atoms with Crippen LogP contribution in [0.25, 0.3) is 0 Å². The minimum atomic E-state index is -0.0451. The number of carbonyl (C=O) groups is 1. The Morgan fingerprint density at radius 2 is 2.13 bits per heavy atom. The lowest BCUT2D eigenvalue weighted by atomic mass is 10.1. The van der Waals surface area contributed by atoms with Gasteiger partial charge in [0, 0.05) is 0 Å². The second-order valence-corrected chi connectivity index (χ2v) is 3.30. The van der Waals surface area contributed by atoms with E-state index in [1.807, 2.05) is 0 Å². The van der Waals surface area contributed by atoms with Crippen molar-refractivity contribution in [2.75, 3.05) is 11.9 Å². The van der Waals surface area contributed by atoms with Gasteiger partial charge in [-0.05, 0) is 19.9 Å². The third-order valence-electron chi connectivity index (χ3n) is 2.19. The van der Waals surface area contributed by atoms with Crippen LogP contribution >= 0.6 is 12.4 Å². The Balaban J connectivity index is 0.00000112. The summed E-state index contributed by atoms with van der Waals surface area (Å²) in [6, 6.07) is -0.0451. The summed E-state index contributed by atoms with van der Waals surface area (Å²) in [6.07, 6.45) is 4.12. The molecule has 2 rings (SSSR count). The topological polar surface area (TPSA) is 66.9 Å². The van der Waals surface area contributed by atoms with E-state index in [9.17, 15) is 4.79 Å². The highest BCUT2D eigenvalue weighted by Gasteiger charge is 2.24. The van der Waals surface area contributed by atoms with Gasteiger partial charge in [0.05, 0.1) is 24.1 Å². The number of halogens is 1. The number of amides is 1. The molecule has 0 aromatic carbocycles. The number of aromatic nitrogens is 2. The van der Waals surface area contributed by atoms with Gasteiger partial charge >= 0.3 is 0 Å². The van der Waals surface area contributed by atoms with Gasteiger partial charge in [-0.1, -0.05) is 0 Å². The average molecular weight is 229 g/mol. The average Bonchev–Trinajstić information content (AvgIpc) is 2.06. The van der Waals surface area contributed by atoms with Crippen molar-refractivity contribution in [2.45, 2.75) is 19.4 Å². The Bertz CT molecular complexity index is 336. The number of aryl methyl sites for hydroxylation is 1. The molecule has 5 nitrogen and oxygen atoms in total. The lowest BCUT2D eigenvalue weighted by molar-refractivity contribution is -0.119. The summed E-state index contributed by atoms with van der Waals surface area (Å²) < 4.78 is 0. The lowest BCUT2D eigenvalue weighted by Crippen LogP contribution is -2.50. The third kappa shape index (κ3) is 2.87. The second kappa shape index (κ2) is 5.04. The molecule has 1 aromatic heterocycles. The van der Waals surface area contributed by atoms with Crippen molar-refractivity contribution in [1.82, 2.24) is 15.3 Å². The van der Waals surface area contributed by atoms with Gasteiger partial charge in [-0.2, -0.15) is 0 Å². The molecule has 1 aliphatic heterocycles. The molecule has 15 heavy (non-hydrogen) atoms.